The van der Waals surface area contributed by atoms with E-state index in [1.165, 1.54) is 6.26 Å². The van der Waals surface area contributed by atoms with Crippen LogP contribution in [0.2, 0.25) is 0 Å². The number of hydrogen-bond donors (Lipinski definition) is 0. The van der Waals surface area contributed by atoms with Crippen molar-refractivity contribution in [3.8, 4) is 11.4 Å². The Morgan fingerprint density at radius 2 is 1.78 bits per heavy atom. The summed E-state index contributed by atoms with van der Waals surface area (Å²) in [5.74, 6) is 1.98. The number of hydrogen-bond acceptors (Lipinski definition) is 5. The molecule has 6 heteroatoms. The highest BCUT2D eigenvalue weighted by Gasteiger charge is 2.25. The van der Waals surface area contributed by atoms with E-state index in [-0.39, 0.29) is 11.7 Å². The molecule has 0 N–H and O–H groups in total. The molecular weight excluding hydrogens is 358 g/mol. The summed E-state index contributed by atoms with van der Waals surface area (Å²) in [4.78, 5) is 11.9. The zero-order chi connectivity index (χ0) is 18.9. The molecule has 0 radical (unpaired) electrons. The van der Waals surface area contributed by atoms with E-state index in [0.29, 0.717) is 12.4 Å². The maximum Gasteiger partial charge on any atom is 0.162 e. The van der Waals surface area contributed by atoms with Crippen molar-refractivity contribution in [2.24, 2.45) is 5.92 Å². The fraction of sp³-hybridized carbons (Fsp3) is 0.333. The lowest BCUT2D eigenvalue weighted by Crippen LogP contribution is -2.38. The van der Waals surface area contributed by atoms with Crippen LogP contribution in [0.15, 0.2) is 54.6 Å². The Morgan fingerprint density at radius 1 is 1.04 bits per heavy atom. The molecule has 1 aromatic heterocycles. The van der Waals surface area contributed by atoms with Gasteiger partial charge in [0.1, 0.15) is 15.7 Å². The lowest BCUT2D eigenvalue weighted by Gasteiger charge is -2.34. The summed E-state index contributed by atoms with van der Waals surface area (Å²) in [6.45, 7) is 1.60. The number of piperidine rings is 1. The van der Waals surface area contributed by atoms with Crippen LogP contribution in [0.1, 0.15) is 12.8 Å². The number of aromatic nitrogens is 2. The highest BCUT2D eigenvalue weighted by Crippen LogP contribution is 2.30. The maximum atomic E-state index is 11.8. The Kier molecular flexibility index (Phi) is 4.83. The predicted molar refractivity (Wildman–Crippen MR) is 110 cm³/mol. The molecule has 1 fully saturated rings. The van der Waals surface area contributed by atoms with Crippen LogP contribution in [-0.2, 0) is 9.84 Å². The van der Waals surface area contributed by atoms with Crippen molar-refractivity contribution in [1.82, 2.24) is 9.97 Å². The molecule has 27 heavy (non-hydrogen) atoms. The van der Waals surface area contributed by atoms with Gasteiger partial charge in [-0.25, -0.2) is 18.4 Å². The molecule has 1 unspecified atom stereocenters. The smallest absolute Gasteiger partial charge is 0.162 e. The molecule has 4 rings (SSSR count). The number of benzene rings is 2. The summed E-state index contributed by atoms with van der Waals surface area (Å²) in [5, 5.41) is 1.01. The minimum Gasteiger partial charge on any atom is -0.356 e. The van der Waals surface area contributed by atoms with Gasteiger partial charge in [0.2, 0.25) is 0 Å². The minimum absolute atomic E-state index is 0.141. The van der Waals surface area contributed by atoms with Crippen molar-refractivity contribution in [3.63, 3.8) is 0 Å². The van der Waals surface area contributed by atoms with Crippen molar-refractivity contribution >= 4 is 26.6 Å². The van der Waals surface area contributed by atoms with Crippen molar-refractivity contribution in [3.05, 3.63) is 54.6 Å². The monoisotopic (exact) mass is 381 g/mol. The second kappa shape index (κ2) is 7.27. The van der Waals surface area contributed by atoms with E-state index in [2.05, 4.69) is 4.90 Å². The van der Waals surface area contributed by atoms with Crippen LogP contribution in [0.5, 0.6) is 0 Å². The second-order valence-electron chi connectivity index (χ2n) is 7.30. The molecular formula is C21H23N3O2S. The normalized spacial score (nSPS) is 18.0. The standard InChI is InChI=1S/C21H23N3O2S/c1-27(25,26)15-16-8-7-13-24(14-16)21-18-11-5-6-12-19(18)22-20(23-21)17-9-3-2-4-10-17/h2-6,9-12,16H,7-8,13-15H2,1H3. The van der Waals surface area contributed by atoms with Gasteiger partial charge >= 0.3 is 0 Å². The molecule has 0 saturated carbocycles. The fourth-order valence-electron chi connectivity index (χ4n) is 3.84. The van der Waals surface area contributed by atoms with Gasteiger partial charge in [-0.1, -0.05) is 42.5 Å². The SMILES string of the molecule is CS(=O)(=O)CC1CCCN(c2nc(-c3ccccc3)nc3ccccc23)C1. The molecule has 0 aliphatic carbocycles. The first-order valence-corrected chi connectivity index (χ1v) is 11.3. The molecule has 1 atom stereocenters. The van der Waals surface area contributed by atoms with Crippen LogP contribution in [-0.4, -0.2) is 43.5 Å². The summed E-state index contributed by atoms with van der Waals surface area (Å²) in [7, 11) is -2.98. The molecule has 0 spiro atoms. The Labute approximate surface area is 160 Å². The lowest BCUT2D eigenvalue weighted by atomic mass is 9.99. The van der Waals surface area contributed by atoms with Crippen LogP contribution in [0.4, 0.5) is 5.82 Å². The van der Waals surface area contributed by atoms with Crippen LogP contribution < -0.4 is 4.90 Å². The average Bonchev–Trinajstić information content (AvgIpc) is 2.67. The van der Waals surface area contributed by atoms with Crippen LogP contribution >= 0.6 is 0 Å². The summed E-state index contributed by atoms with van der Waals surface area (Å²) in [5.41, 5.74) is 1.89. The Balaban J connectivity index is 1.76. The van der Waals surface area contributed by atoms with Crippen LogP contribution in [0.25, 0.3) is 22.3 Å². The minimum atomic E-state index is -2.98. The Hall–Kier alpha value is -2.47. The van der Waals surface area contributed by atoms with E-state index in [1.807, 2.05) is 54.6 Å². The van der Waals surface area contributed by atoms with Crippen molar-refractivity contribution < 1.29 is 8.42 Å². The molecule has 1 saturated heterocycles. The summed E-state index contributed by atoms with van der Waals surface area (Å²) < 4.78 is 23.5. The summed E-state index contributed by atoms with van der Waals surface area (Å²) in [6, 6.07) is 18.0. The number of anilines is 1. The van der Waals surface area contributed by atoms with Gasteiger partial charge < -0.3 is 4.90 Å². The first kappa shape index (κ1) is 17.9. The third-order valence-electron chi connectivity index (χ3n) is 4.97. The van der Waals surface area contributed by atoms with Gasteiger partial charge in [0.15, 0.2) is 5.82 Å². The zero-order valence-corrected chi connectivity index (χ0v) is 16.2. The van der Waals surface area contributed by atoms with E-state index >= 15 is 0 Å². The summed E-state index contributed by atoms with van der Waals surface area (Å²) >= 11 is 0. The van der Waals surface area contributed by atoms with E-state index in [9.17, 15) is 8.42 Å². The maximum absolute atomic E-state index is 11.8. The second-order valence-corrected chi connectivity index (χ2v) is 9.49. The van der Waals surface area contributed by atoms with E-state index < -0.39 is 9.84 Å². The third-order valence-corrected chi connectivity index (χ3v) is 6.05. The Bertz CT molecular complexity index is 1050. The van der Waals surface area contributed by atoms with Gasteiger partial charge in [-0.2, -0.15) is 0 Å². The first-order valence-electron chi connectivity index (χ1n) is 9.24. The van der Waals surface area contributed by atoms with E-state index in [0.717, 1.165) is 41.7 Å². The van der Waals surface area contributed by atoms with Crippen molar-refractivity contribution in [2.45, 2.75) is 12.8 Å². The number of para-hydroxylation sites is 1. The number of rotatable bonds is 4. The highest BCUT2D eigenvalue weighted by molar-refractivity contribution is 7.90. The third kappa shape index (κ3) is 4.11. The summed E-state index contributed by atoms with van der Waals surface area (Å²) in [6.07, 6.45) is 3.23. The Morgan fingerprint density at radius 3 is 2.56 bits per heavy atom. The van der Waals surface area contributed by atoms with Gasteiger partial charge in [-0.15, -0.1) is 0 Å². The molecule has 0 bridgehead atoms. The average molecular weight is 382 g/mol. The highest BCUT2D eigenvalue weighted by atomic mass is 32.2. The van der Waals surface area contributed by atoms with Gasteiger partial charge in [0, 0.05) is 30.3 Å². The van der Waals surface area contributed by atoms with Crippen LogP contribution in [0, 0.1) is 5.92 Å². The van der Waals surface area contributed by atoms with E-state index in [4.69, 9.17) is 9.97 Å². The molecule has 1 aliphatic rings. The van der Waals surface area contributed by atoms with Gasteiger partial charge in [-0.05, 0) is 30.9 Å². The number of nitrogens with zero attached hydrogens (tertiary/aromatic N) is 3. The predicted octanol–water partition coefficient (Wildman–Crippen LogP) is 3.56. The molecule has 5 nitrogen and oxygen atoms in total. The van der Waals surface area contributed by atoms with Crippen molar-refractivity contribution in [1.29, 1.82) is 0 Å². The fourth-order valence-corrected chi connectivity index (χ4v) is 4.97. The molecule has 140 valence electrons. The quantitative estimate of drug-likeness (QED) is 0.691. The van der Waals surface area contributed by atoms with Gasteiger partial charge in [0.25, 0.3) is 0 Å². The largest absolute Gasteiger partial charge is 0.356 e. The lowest BCUT2D eigenvalue weighted by molar-refractivity contribution is 0.443. The first-order chi connectivity index (χ1) is 13.0. The molecule has 2 heterocycles. The molecule has 0 amide bonds. The molecule has 1 aliphatic heterocycles. The number of fused-ring (bicyclic) bond motifs is 1. The number of sulfone groups is 1. The van der Waals surface area contributed by atoms with Crippen LogP contribution in [0.3, 0.4) is 0 Å². The van der Waals surface area contributed by atoms with E-state index in [1.54, 1.807) is 0 Å². The van der Waals surface area contributed by atoms with Crippen molar-refractivity contribution in [2.75, 3.05) is 30.0 Å². The molecule has 3 aromatic rings. The van der Waals surface area contributed by atoms with Gasteiger partial charge in [-0.3, -0.25) is 0 Å². The zero-order valence-electron chi connectivity index (χ0n) is 15.4. The topological polar surface area (TPSA) is 63.2 Å². The molecule has 2 aromatic carbocycles. The van der Waals surface area contributed by atoms with Gasteiger partial charge in [0.05, 0.1) is 11.3 Å².